The Labute approximate surface area is 139 Å². The van der Waals surface area contributed by atoms with Gasteiger partial charge in [-0.1, -0.05) is 32.9 Å². The predicted octanol–water partition coefficient (Wildman–Crippen LogP) is 4.65. The number of rotatable bonds is 3. The van der Waals surface area contributed by atoms with Crippen LogP contribution in [-0.2, 0) is 4.43 Å². The summed E-state index contributed by atoms with van der Waals surface area (Å²) in [5.74, 6) is 2.29. The third kappa shape index (κ3) is 3.57. The fourth-order valence-electron chi connectivity index (χ4n) is 2.57. The molecule has 2 atom stereocenters. The zero-order valence-electron chi connectivity index (χ0n) is 14.2. The fourth-order valence-corrected chi connectivity index (χ4v) is 7.01. The molecule has 1 N–H and O–H groups in total. The van der Waals surface area contributed by atoms with Crippen LogP contribution in [0.2, 0.25) is 18.1 Å². The Bertz CT molecular complexity index is 411. The molecule has 0 aromatic carbocycles. The Morgan fingerprint density at radius 1 is 1.24 bits per heavy atom. The maximum atomic E-state index is 11.2. The standard InChI is InChI=1S/C16H30O2S2Si/c1-14(2,3)21(5,6)18-13-8-9-16(17,12-13)15(4)19-10-7-11-20-15/h8-9,13,17H,7,10-12H2,1-6H3/t13-,16-/m1/s1. The Kier molecular flexibility index (Phi) is 5.03. The minimum atomic E-state index is -1.78. The monoisotopic (exact) mass is 346 g/mol. The Morgan fingerprint density at radius 2 is 1.81 bits per heavy atom. The summed E-state index contributed by atoms with van der Waals surface area (Å²) in [6.45, 7) is 13.5. The second kappa shape index (κ2) is 5.89. The number of hydrogen-bond acceptors (Lipinski definition) is 4. The van der Waals surface area contributed by atoms with Crippen molar-refractivity contribution in [1.29, 1.82) is 0 Å². The highest BCUT2D eigenvalue weighted by atomic mass is 32.2. The molecule has 0 saturated carbocycles. The lowest BCUT2D eigenvalue weighted by molar-refractivity contribution is 0.0539. The van der Waals surface area contributed by atoms with E-state index in [0.717, 1.165) is 11.5 Å². The summed E-state index contributed by atoms with van der Waals surface area (Å²) in [5.41, 5.74) is -0.740. The van der Waals surface area contributed by atoms with Gasteiger partial charge in [0.1, 0.15) is 5.60 Å². The molecule has 0 amide bonds. The van der Waals surface area contributed by atoms with Crippen molar-refractivity contribution < 1.29 is 9.53 Å². The van der Waals surface area contributed by atoms with Crippen molar-refractivity contribution in [1.82, 2.24) is 0 Å². The van der Waals surface area contributed by atoms with Gasteiger partial charge in [-0.2, -0.15) is 0 Å². The maximum absolute atomic E-state index is 11.2. The van der Waals surface area contributed by atoms with Gasteiger partial charge in [-0.05, 0) is 43.0 Å². The quantitative estimate of drug-likeness (QED) is 0.595. The van der Waals surface area contributed by atoms with Crippen molar-refractivity contribution in [3.63, 3.8) is 0 Å². The van der Waals surface area contributed by atoms with E-state index >= 15 is 0 Å². The van der Waals surface area contributed by atoms with Crippen LogP contribution in [0.1, 0.15) is 40.5 Å². The summed E-state index contributed by atoms with van der Waals surface area (Å²) in [6, 6.07) is 0. The van der Waals surface area contributed by atoms with Gasteiger partial charge in [0.25, 0.3) is 0 Å². The van der Waals surface area contributed by atoms with Gasteiger partial charge >= 0.3 is 0 Å². The summed E-state index contributed by atoms with van der Waals surface area (Å²) in [4.78, 5) is 0. The molecule has 2 rings (SSSR count). The maximum Gasteiger partial charge on any atom is 0.192 e. The van der Waals surface area contributed by atoms with Crippen molar-refractivity contribution in [2.45, 2.75) is 74.5 Å². The van der Waals surface area contributed by atoms with E-state index in [-0.39, 0.29) is 15.2 Å². The van der Waals surface area contributed by atoms with Crippen LogP contribution in [-0.4, -0.2) is 40.7 Å². The van der Waals surface area contributed by atoms with Crippen LogP contribution in [0.25, 0.3) is 0 Å². The topological polar surface area (TPSA) is 29.5 Å². The van der Waals surface area contributed by atoms with Crippen LogP contribution in [0.3, 0.4) is 0 Å². The Balaban J connectivity index is 2.05. The Morgan fingerprint density at radius 3 is 2.33 bits per heavy atom. The third-order valence-electron chi connectivity index (χ3n) is 5.18. The third-order valence-corrected chi connectivity index (χ3v) is 13.2. The number of aliphatic hydroxyl groups is 1. The zero-order valence-corrected chi connectivity index (χ0v) is 16.9. The molecular weight excluding hydrogens is 316 g/mol. The molecule has 5 heteroatoms. The van der Waals surface area contributed by atoms with Crippen LogP contribution in [0.5, 0.6) is 0 Å². The van der Waals surface area contributed by atoms with Gasteiger partial charge in [0, 0.05) is 6.42 Å². The van der Waals surface area contributed by atoms with E-state index in [0.29, 0.717) is 6.42 Å². The van der Waals surface area contributed by atoms with Crippen molar-refractivity contribution >= 4 is 31.8 Å². The lowest BCUT2D eigenvalue weighted by Gasteiger charge is -2.44. The smallest absolute Gasteiger partial charge is 0.192 e. The molecule has 21 heavy (non-hydrogen) atoms. The van der Waals surface area contributed by atoms with Crippen molar-refractivity contribution in [2.24, 2.45) is 0 Å². The summed E-state index contributed by atoms with van der Waals surface area (Å²) >= 11 is 3.81. The average Bonchev–Trinajstić information content (AvgIpc) is 2.71. The van der Waals surface area contributed by atoms with E-state index in [4.69, 9.17) is 4.43 Å². The molecule has 1 heterocycles. The highest BCUT2D eigenvalue weighted by Gasteiger charge is 2.51. The minimum Gasteiger partial charge on any atom is -0.410 e. The van der Waals surface area contributed by atoms with Gasteiger partial charge in [-0.25, -0.2) is 0 Å². The first-order valence-corrected chi connectivity index (χ1v) is 12.7. The van der Waals surface area contributed by atoms with E-state index < -0.39 is 13.9 Å². The van der Waals surface area contributed by atoms with Crippen molar-refractivity contribution in [2.75, 3.05) is 11.5 Å². The van der Waals surface area contributed by atoms with Crippen molar-refractivity contribution in [3.05, 3.63) is 12.2 Å². The van der Waals surface area contributed by atoms with Crippen LogP contribution in [0, 0.1) is 0 Å². The van der Waals surface area contributed by atoms with Crippen LogP contribution >= 0.6 is 23.5 Å². The lowest BCUT2D eigenvalue weighted by Crippen LogP contribution is -2.49. The molecule has 1 aliphatic carbocycles. The molecule has 0 spiro atoms. The van der Waals surface area contributed by atoms with E-state index in [1.165, 1.54) is 6.42 Å². The number of hydrogen-bond donors (Lipinski definition) is 1. The second-order valence-electron chi connectivity index (χ2n) is 7.90. The van der Waals surface area contributed by atoms with Crippen LogP contribution < -0.4 is 0 Å². The van der Waals surface area contributed by atoms with Gasteiger partial charge in [-0.15, -0.1) is 23.5 Å². The largest absolute Gasteiger partial charge is 0.410 e. The van der Waals surface area contributed by atoms with Gasteiger partial charge in [-0.3, -0.25) is 0 Å². The molecule has 0 aromatic heterocycles. The van der Waals surface area contributed by atoms with Crippen LogP contribution in [0.15, 0.2) is 12.2 Å². The molecule has 1 saturated heterocycles. The highest BCUT2D eigenvalue weighted by Crippen LogP contribution is 2.53. The molecule has 2 nitrogen and oxygen atoms in total. The Hall–Kier alpha value is 0.577. The molecule has 0 radical (unpaired) electrons. The predicted molar refractivity (Wildman–Crippen MR) is 98.7 cm³/mol. The van der Waals surface area contributed by atoms with Gasteiger partial charge < -0.3 is 9.53 Å². The fraction of sp³-hybridized carbons (Fsp3) is 0.875. The first kappa shape index (κ1) is 17.9. The van der Waals surface area contributed by atoms with E-state index in [1.807, 2.05) is 29.6 Å². The molecule has 0 unspecified atom stereocenters. The minimum absolute atomic E-state index is 0.0656. The number of thioether (sulfide) groups is 2. The second-order valence-corrected chi connectivity index (χ2v) is 15.9. The van der Waals surface area contributed by atoms with E-state index in [9.17, 15) is 5.11 Å². The van der Waals surface area contributed by atoms with E-state index in [2.05, 4.69) is 46.9 Å². The first-order chi connectivity index (χ1) is 9.49. The molecule has 2 aliphatic rings. The molecule has 122 valence electrons. The van der Waals surface area contributed by atoms with Gasteiger partial charge in [0.15, 0.2) is 8.32 Å². The molecule has 0 bridgehead atoms. The summed E-state index contributed by atoms with van der Waals surface area (Å²) < 4.78 is 6.34. The summed E-state index contributed by atoms with van der Waals surface area (Å²) in [5, 5.41) is 11.4. The summed E-state index contributed by atoms with van der Waals surface area (Å²) in [7, 11) is -1.78. The van der Waals surface area contributed by atoms with Gasteiger partial charge in [0.05, 0.1) is 10.2 Å². The van der Waals surface area contributed by atoms with E-state index in [1.54, 1.807) is 0 Å². The molecule has 1 aliphatic heterocycles. The van der Waals surface area contributed by atoms with Gasteiger partial charge in [0.2, 0.25) is 0 Å². The molecule has 1 fully saturated rings. The SMILES string of the molecule is CC1([C@@]2(O)C=C[C@@H](O[Si](C)(C)C(C)(C)C)C2)SCCCS1. The average molecular weight is 347 g/mol. The normalized spacial score (nSPS) is 33.4. The van der Waals surface area contributed by atoms with Crippen molar-refractivity contribution in [3.8, 4) is 0 Å². The van der Waals surface area contributed by atoms with Crippen LogP contribution in [0.4, 0.5) is 0 Å². The molecule has 0 aromatic rings. The highest BCUT2D eigenvalue weighted by molar-refractivity contribution is 8.18. The first-order valence-electron chi connectivity index (χ1n) is 7.87. The summed E-state index contributed by atoms with van der Waals surface area (Å²) in [6.07, 6.45) is 6.12. The lowest BCUT2D eigenvalue weighted by atomic mass is 9.99. The molecular formula is C16H30O2S2Si. The zero-order chi connectivity index (χ0) is 15.9.